The Morgan fingerprint density at radius 1 is 1.56 bits per heavy atom. The fourth-order valence-corrected chi connectivity index (χ4v) is 2.01. The van der Waals surface area contributed by atoms with Gasteiger partial charge in [-0.3, -0.25) is 10.00 Å². The summed E-state index contributed by atoms with van der Waals surface area (Å²) in [6.07, 6.45) is 2.84. The minimum Gasteiger partial charge on any atom is -0.377 e. The second-order valence-corrected chi connectivity index (χ2v) is 4.69. The lowest BCUT2D eigenvalue weighted by molar-refractivity contribution is 0.0761. The number of nitrogens with one attached hydrogen (secondary N) is 1. The predicted molar refractivity (Wildman–Crippen MR) is 68.6 cm³/mol. The molecule has 1 unspecified atom stereocenters. The Balaban J connectivity index is 1.99. The summed E-state index contributed by atoms with van der Waals surface area (Å²) in [5.41, 5.74) is 0.963. The maximum absolute atomic E-state index is 12.1. The molecule has 1 aliphatic rings. The second-order valence-electron chi connectivity index (χ2n) is 4.69. The number of ether oxygens (including phenoxy) is 1. The molecule has 1 fully saturated rings. The SMILES string of the molecule is Cc1cnn(C)c1NC(=O)N1CCOC(C)CC1. The first kappa shape index (κ1) is 12.9. The average Bonchev–Trinajstić information content (AvgIpc) is 2.56. The molecule has 6 nitrogen and oxygen atoms in total. The molecule has 1 N–H and O–H groups in total. The molecule has 1 atom stereocenters. The van der Waals surface area contributed by atoms with Crippen LogP contribution in [0.3, 0.4) is 0 Å². The van der Waals surface area contributed by atoms with Gasteiger partial charge in [-0.15, -0.1) is 0 Å². The zero-order valence-electron chi connectivity index (χ0n) is 11.1. The van der Waals surface area contributed by atoms with Gasteiger partial charge in [-0.05, 0) is 20.3 Å². The summed E-state index contributed by atoms with van der Waals surface area (Å²) in [6.45, 7) is 5.92. The van der Waals surface area contributed by atoms with E-state index in [-0.39, 0.29) is 12.1 Å². The number of hydrogen-bond acceptors (Lipinski definition) is 3. The second kappa shape index (κ2) is 5.39. The van der Waals surface area contributed by atoms with Gasteiger partial charge in [0.15, 0.2) is 0 Å². The summed E-state index contributed by atoms with van der Waals surface area (Å²) in [6, 6.07) is -0.0839. The lowest BCUT2D eigenvalue weighted by atomic mass is 10.3. The minimum absolute atomic E-state index is 0.0839. The van der Waals surface area contributed by atoms with Crippen LogP contribution in [0.15, 0.2) is 6.20 Å². The Morgan fingerprint density at radius 3 is 3.00 bits per heavy atom. The normalized spacial score (nSPS) is 20.6. The predicted octanol–water partition coefficient (Wildman–Crippen LogP) is 1.37. The van der Waals surface area contributed by atoms with Crippen LogP contribution >= 0.6 is 0 Å². The van der Waals surface area contributed by atoms with Gasteiger partial charge in [-0.1, -0.05) is 0 Å². The summed E-state index contributed by atoms with van der Waals surface area (Å²) < 4.78 is 7.20. The molecule has 0 saturated carbocycles. The van der Waals surface area contributed by atoms with E-state index in [4.69, 9.17) is 4.74 Å². The molecule has 0 aliphatic carbocycles. The monoisotopic (exact) mass is 252 g/mol. The number of nitrogens with zero attached hydrogens (tertiary/aromatic N) is 3. The summed E-state index contributed by atoms with van der Waals surface area (Å²) >= 11 is 0. The van der Waals surface area contributed by atoms with E-state index in [9.17, 15) is 4.79 Å². The molecule has 2 heterocycles. The molecule has 18 heavy (non-hydrogen) atoms. The Labute approximate surface area is 107 Å². The van der Waals surface area contributed by atoms with E-state index in [1.54, 1.807) is 15.8 Å². The maximum Gasteiger partial charge on any atom is 0.323 e. The van der Waals surface area contributed by atoms with Gasteiger partial charge in [0.1, 0.15) is 5.82 Å². The first-order chi connectivity index (χ1) is 8.58. The van der Waals surface area contributed by atoms with Crippen molar-refractivity contribution >= 4 is 11.8 Å². The minimum atomic E-state index is -0.0839. The quantitative estimate of drug-likeness (QED) is 0.821. The fraction of sp³-hybridized carbons (Fsp3) is 0.667. The molecule has 1 aliphatic heterocycles. The van der Waals surface area contributed by atoms with Gasteiger partial charge >= 0.3 is 6.03 Å². The molecule has 2 rings (SSSR count). The lowest BCUT2D eigenvalue weighted by Gasteiger charge is -2.20. The van der Waals surface area contributed by atoms with E-state index in [0.717, 1.165) is 24.3 Å². The van der Waals surface area contributed by atoms with Crippen LogP contribution in [0, 0.1) is 6.92 Å². The van der Waals surface area contributed by atoms with Crippen molar-refractivity contribution in [3.8, 4) is 0 Å². The van der Waals surface area contributed by atoms with Crippen LogP contribution in [0.25, 0.3) is 0 Å². The lowest BCUT2D eigenvalue weighted by Crippen LogP contribution is -2.37. The maximum atomic E-state index is 12.1. The van der Waals surface area contributed by atoms with Crippen LogP contribution in [0.2, 0.25) is 0 Å². The molecule has 1 saturated heterocycles. The van der Waals surface area contributed by atoms with Gasteiger partial charge in [0.25, 0.3) is 0 Å². The number of aromatic nitrogens is 2. The average molecular weight is 252 g/mol. The first-order valence-electron chi connectivity index (χ1n) is 6.24. The van der Waals surface area contributed by atoms with E-state index in [1.165, 1.54) is 0 Å². The molecular formula is C12H20N4O2. The third kappa shape index (κ3) is 2.81. The highest BCUT2D eigenvalue weighted by molar-refractivity contribution is 5.89. The van der Waals surface area contributed by atoms with Gasteiger partial charge in [-0.25, -0.2) is 4.79 Å². The third-order valence-electron chi connectivity index (χ3n) is 3.20. The smallest absolute Gasteiger partial charge is 0.323 e. The number of aryl methyl sites for hydroxylation is 2. The van der Waals surface area contributed by atoms with Gasteiger partial charge < -0.3 is 9.64 Å². The van der Waals surface area contributed by atoms with E-state index in [2.05, 4.69) is 10.4 Å². The van der Waals surface area contributed by atoms with Crippen LogP contribution in [0.1, 0.15) is 18.9 Å². The van der Waals surface area contributed by atoms with Crippen LogP contribution in [-0.4, -0.2) is 46.5 Å². The van der Waals surface area contributed by atoms with Crippen molar-refractivity contribution in [3.63, 3.8) is 0 Å². The Morgan fingerprint density at radius 2 is 2.33 bits per heavy atom. The zero-order valence-corrected chi connectivity index (χ0v) is 11.1. The van der Waals surface area contributed by atoms with Crippen molar-refractivity contribution in [2.75, 3.05) is 25.0 Å². The highest BCUT2D eigenvalue weighted by Gasteiger charge is 2.20. The summed E-state index contributed by atoms with van der Waals surface area (Å²) in [4.78, 5) is 13.9. The van der Waals surface area contributed by atoms with Gasteiger partial charge in [-0.2, -0.15) is 5.10 Å². The number of anilines is 1. The molecular weight excluding hydrogens is 232 g/mol. The number of rotatable bonds is 1. The van der Waals surface area contributed by atoms with Crippen LogP contribution in [-0.2, 0) is 11.8 Å². The number of hydrogen-bond donors (Lipinski definition) is 1. The van der Waals surface area contributed by atoms with Crippen molar-refractivity contribution < 1.29 is 9.53 Å². The number of carbonyl (C=O) groups excluding carboxylic acids is 1. The van der Waals surface area contributed by atoms with Crippen molar-refractivity contribution in [2.24, 2.45) is 7.05 Å². The van der Waals surface area contributed by atoms with Crippen molar-refractivity contribution in [2.45, 2.75) is 26.4 Å². The number of carbonyl (C=O) groups is 1. The molecule has 6 heteroatoms. The summed E-state index contributed by atoms with van der Waals surface area (Å²) in [7, 11) is 1.82. The molecule has 0 aromatic carbocycles. The molecule has 0 radical (unpaired) electrons. The summed E-state index contributed by atoms with van der Waals surface area (Å²) in [5.74, 6) is 0.748. The fourth-order valence-electron chi connectivity index (χ4n) is 2.01. The zero-order chi connectivity index (χ0) is 13.1. The van der Waals surface area contributed by atoms with E-state index >= 15 is 0 Å². The van der Waals surface area contributed by atoms with Crippen LogP contribution in [0.5, 0.6) is 0 Å². The molecule has 2 amide bonds. The van der Waals surface area contributed by atoms with Gasteiger partial charge in [0.05, 0.1) is 18.9 Å². The van der Waals surface area contributed by atoms with E-state index in [0.29, 0.717) is 13.2 Å². The molecule has 1 aromatic rings. The largest absolute Gasteiger partial charge is 0.377 e. The highest BCUT2D eigenvalue weighted by Crippen LogP contribution is 2.14. The Kier molecular flexibility index (Phi) is 3.86. The molecule has 0 bridgehead atoms. The van der Waals surface area contributed by atoms with Crippen molar-refractivity contribution in [3.05, 3.63) is 11.8 Å². The standard InChI is InChI=1S/C12H20N4O2/c1-9-8-13-15(3)11(9)14-12(17)16-5-4-10(2)18-7-6-16/h8,10H,4-7H2,1-3H3,(H,14,17). The van der Waals surface area contributed by atoms with Gasteiger partial charge in [0.2, 0.25) is 0 Å². The van der Waals surface area contributed by atoms with Crippen molar-refractivity contribution in [1.82, 2.24) is 14.7 Å². The third-order valence-corrected chi connectivity index (χ3v) is 3.20. The summed E-state index contributed by atoms with van der Waals surface area (Å²) in [5, 5.41) is 7.01. The molecule has 1 aromatic heterocycles. The molecule has 0 spiro atoms. The highest BCUT2D eigenvalue weighted by atomic mass is 16.5. The molecule has 100 valence electrons. The Bertz CT molecular complexity index is 410. The van der Waals surface area contributed by atoms with Crippen LogP contribution < -0.4 is 5.32 Å². The van der Waals surface area contributed by atoms with Gasteiger partial charge in [0, 0.05) is 25.7 Å². The van der Waals surface area contributed by atoms with Crippen molar-refractivity contribution in [1.29, 1.82) is 0 Å². The number of amides is 2. The number of urea groups is 1. The van der Waals surface area contributed by atoms with E-state index < -0.39 is 0 Å². The van der Waals surface area contributed by atoms with Crippen LogP contribution in [0.4, 0.5) is 10.6 Å². The Hall–Kier alpha value is -1.56. The topological polar surface area (TPSA) is 59.4 Å². The van der Waals surface area contributed by atoms with E-state index in [1.807, 2.05) is 20.9 Å². The first-order valence-corrected chi connectivity index (χ1v) is 6.24.